The molecular weight excluding hydrogens is 332 g/mol. The van der Waals surface area contributed by atoms with E-state index in [-0.39, 0.29) is 18.4 Å². The monoisotopic (exact) mass is 350 g/mol. The first-order chi connectivity index (χ1) is 12.6. The summed E-state index contributed by atoms with van der Waals surface area (Å²) in [6.07, 6.45) is 5.70. The summed E-state index contributed by atoms with van der Waals surface area (Å²) >= 11 is 0. The van der Waals surface area contributed by atoms with E-state index < -0.39 is 5.97 Å². The summed E-state index contributed by atoms with van der Waals surface area (Å²) in [6, 6.07) is 11.0. The number of anilines is 1. The number of carboxylic acids is 1. The van der Waals surface area contributed by atoms with Crippen molar-refractivity contribution < 1.29 is 9.90 Å². The van der Waals surface area contributed by atoms with E-state index in [9.17, 15) is 9.59 Å². The molecule has 2 aromatic heterocycles. The van der Waals surface area contributed by atoms with Gasteiger partial charge in [-0.25, -0.2) is 9.97 Å². The maximum atomic E-state index is 12.2. The standard InChI is InChI=1S/C19H18N4O3/c24-18(25)9-8-17-22-15-7-6-13(12-14(15)19(26)23-17)4-3-11-21-16-5-1-2-10-20-16/h1-7,10,12H,8-9,11H2,(H,20,21)(H,24,25)(H,22,23,26). The quantitative estimate of drug-likeness (QED) is 0.604. The van der Waals surface area contributed by atoms with Crippen LogP contribution in [0.15, 0.2) is 53.5 Å². The molecule has 7 nitrogen and oxygen atoms in total. The number of aromatic amines is 1. The Hall–Kier alpha value is -3.48. The minimum absolute atomic E-state index is 0.0709. The number of benzene rings is 1. The van der Waals surface area contributed by atoms with Crippen molar-refractivity contribution in [3.8, 4) is 0 Å². The van der Waals surface area contributed by atoms with Gasteiger partial charge in [0.2, 0.25) is 0 Å². The molecule has 3 aromatic rings. The molecule has 0 aliphatic carbocycles. The number of hydrogen-bond donors (Lipinski definition) is 3. The van der Waals surface area contributed by atoms with Crippen LogP contribution in [0.25, 0.3) is 17.0 Å². The summed E-state index contributed by atoms with van der Waals surface area (Å²) in [7, 11) is 0. The average molecular weight is 350 g/mol. The van der Waals surface area contributed by atoms with Gasteiger partial charge in [-0.2, -0.15) is 0 Å². The van der Waals surface area contributed by atoms with Crippen LogP contribution in [0.3, 0.4) is 0 Å². The van der Waals surface area contributed by atoms with Crippen LogP contribution in [0.1, 0.15) is 17.8 Å². The van der Waals surface area contributed by atoms with Crippen molar-refractivity contribution in [3.05, 3.63) is 70.4 Å². The molecule has 0 amide bonds. The number of hydrogen-bond acceptors (Lipinski definition) is 5. The average Bonchev–Trinajstić information content (AvgIpc) is 2.65. The second-order valence-corrected chi connectivity index (χ2v) is 5.68. The number of pyridine rings is 1. The molecule has 0 aliphatic heterocycles. The Bertz CT molecular complexity index is 997. The third kappa shape index (κ3) is 4.54. The fourth-order valence-corrected chi connectivity index (χ4v) is 2.48. The number of aromatic nitrogens is 3. The first-order valence-electron chi connectivity index (χ1n) is 8.18. The second-order valence-electron chi connectivity index (χ2n) is 5.68. The SMILES string of the molecule is O=C(O)CCc1nc2ccc(C=CCNc3ccccn3)cc2c(=O)[nH]1. The van der Waals surface area contributed by atoms with Crippen molar-refractivity contribution in [1.29, 1.82) is 0 Å². The van der Waals surface area contributed by atoms with Gasteiger partial charge in [0.05, 0.1) is 17.3 Å². The summed E-state index contributed by atoms with van der Waals surface area (Å²) in [5.41, 5.74) is 1.17. The summed E-state index contributed by atoms with van der Waals surface area (Å²) < 4.78 is 0. The Kier molecular flexibility index (Phi) is 5.38. The van der Waals surface area contributed by atoms with Crippen LogP contribution >= 0.6 is 0 Å². The van der Waals surface area contributed by atoms with Gasteiger partial charge in [0.25, 0.3) is 5.56 Å². The van der Waals surface area contributed by atoms with Crippen LogP contribution in [-0.4, -0.2) is 32.6 Å². The van der Waals surface area contributed by atoms with Crippen LogP contribution in [0.5, 0.6) is 0 Å². The Morgan fingerprint density at radius 3 is 2.92 bits per heavy atom. The number of carboxylic acid groups (broad SMARTS) is 1. The Labute approximate surface area is 149 Å². The zero-order chi connectivity index (χ0) is 18.4. The van der Waals surface area contributed by atoms with E-state index in [0.29, 0.717) is 23.3 Å². The van der Waals surface area contributed by atoms with Crippen molar-refractivity contribution in [2.45, 2.75) is 12.8 Å². The molecule has 3 rings (SSSR count). The Morgan fingerprint density at radius 1 is 1.27 bits per heavy atom. The highest BCUT2D eigenvalue weighted by atomic mass is 16.4. The number of H-pyrrole nitrogens is 1. The normalized spacial score (nSPS) is 11.1. The highest BCUT2D eigenvalue weighted by Gasteiger charge is 2.06. The van der Waals surface area contributed by atoms with E-state index in [2.05, 4.69) is 20.3 Å². The topological polar surface area (TPSA) is 108 Å². The molecule has 3 N–H and O–H groups in total. The van der Waals surface area contributed by atoms with Gasteiger partial charge in [-0.1, -0.05) is 24.3 Å². The van der Waals surface area contributed by atoms with Crippen molar-refractivity contribution in [1.82, 2.24) is 15.0 Å². The lowest BCUT2D eigenvalue weighted by Gasteiger charge is -2.03. The third-order valence-corrected chi connectivity index (χ3v) is 3.73. The Balaban J connectivity index is 1.71. The first kappa shape index (κ1) is 17.3. The molecule has 0 aliphatic rings. The van der Waals surface area contributed by atoms with Crippen LogP contribution in [0.4, 0.5) is 5.82 Å². The second kappa shape index (κ2) is 8.06. The van der Waals surface area contributed by atoms with Crippen LogP contribution < -0.4 is 10.9 Å². The first-order valence-corrected chi connectivity index (χ1v) is 8.18. The highest BCUT2D eigenvalue weighted by Crippen LogP contribution is 2.12. The van der Waals surface area contributed by atoms with Gasteiger partial charge in [0.15, 0.2) is 0 Å². The van der Waals surface area contributed by atoms with Gasteiger partial charge < -0.3 is 15.4 Å². The Morgan fingerprint density at radius 2 is 2.15 bits per heavy atom. The smallest absolute Gasteiger partial charge is 0.303 e. The molecule has 26 heavy (non-hydrogen) atoms. The van der Waals surface area contributed by atoms with Crippen molar-refractivity contribution in [2.75, 3.05) is 11.9 Å². The van der Waals surface area contributed by atoms with E-state index in [1.165, 1.54) is 0 Å². The molecule has 0 unspecified atom stereocenters. The van der Waals surface area contributed by atoms with Crippen molar-refractivity contribution >= 4 is 28.8 Å². The number of nitrogens with zero attached hydrogens (tertiary/aromatic N) is 2. The lowest BCUT2D eigenvalue weighted by atomic mass is 10.1. The molecule has 0 atom stereocenters. The lowest BCUT2D eigenvalue weighted by molar-refractivity contribution is -0.137. The molecule has 2 heterocycles. The van der Waals surface area contributed by atoms with E-state index >= 15 is 0 Å². The largest absolute Gasteiger partial charge is 0.481 e. The summed E-state index contributed by atoms with van der Waals surface area (Å²) in [5.74, 6) is 0.255. The maximum absolute atomic E-state index is 12.2. The van der Waals surface area contributed by atoms with Gasteiger partial charge in [-0.15, -0.1) is 0 Å². The highest BCUT2D eigenvalue weighted by molar-refractivity contribution is 5.80. The molecule has 7 heteroatoms. The number of nitrogens with one attached hydrogen (secondary N) is 2. The van der Waals surface area contributed by atoms with Crippen LogP contribution in [0.2, 0.25) is 0 Å². The van der Waals surface area contributed by atoms with E-state index in [0.717, 1.165) is 11.4 Å². The lowest BCUT2D eigenvalue weighted by Crippen LogP contribution is -2.13. The zero-order valence-corrected chi connectivity index (χ0v) is 14.0. The molecule has 0 fully saturated rings. The molecule has 132 valence electrons. The van der Waals surface area contributed by atoms with Crippen LogP contribution in [0, 0.1) is 0 Å². The van der Waals surface area contributed by atoms with Gasteiger partial charge in [-0.05, 0) is 29.8 Å². The van der Waals surface area contributed by atoms with Crippen molar-refractivity contribution in [2.24, 2.45) is 0 Å². The van der Waals surface area contributed by atoms with E-state index in [4.69, 9.17) is 5.11 Å². The number of fused-ring (bicyclic) bond motifs is 1. The van der Waals surface area contributed by atoms with E-state index in [1.807, 2.05) is 36.4 Å². The minimum Gasteiger partial charge on any atom is -0.481 e. The summed E-state index contributed by atoms with van der Waals surface area (Å²) in [4.78, 5) is 34.0. The minimum atomic E-state index is -0.924. The number of aryl methyl sites for hydroxylation is 1. The molecule has 1 aromatic carbocycles. The number of aliphatic carboxylic acids is 1. The molecule has 0 bridgehead atoms. The van der Waals surface area contributed by atoms with Gasteiger partial charge in [-0.3, -0.25) is 9.59 Å². The zero-order valence-electron chi connectivity index (χ0n) is 14.0. The summed E-state index contributed by atoms with van der Waals surface area (Å²) in [6.45, 7) is 0.609. The van der Waals surface area contributed by atoms with Crippen molar-refractivity contribution in [3.63, 3.8) is 0 Å². The molecule has 0 spiro atoms. The third-order valence-electron chi connectivity index (χ3n) is 3.73. The molecule has 0 radical (unpaired) electrons. The van der Waals surface area contributed by atoms with Gasteiger partial charge >= 0.3 is 5.97 Å². The van der Waals surface area contributed by atoms with Gasteiger partial charge in [0, 0.05) is 19.2 Å². The predicted molar refractivity (Wildman–Crippen MR) is 100 cm³/mol. The summed E-state index contributed by atoms with van der Waals surface area (Å²) in [5, 5.41) is 12.4. The fraction of sp³-hybridized carbons (Fsp3) is 0.158. The number of rotatable bonds is 7. The maximum Gasteiger partial charge on any atom is 0.303 e. The fourth-order valence-electron chi connectivity index (χ4n) is 2.48. The number of carbonyl (C=O) groups is 1. The molecule has 0 saturated carbocycles. The van der Waals surface area contributed by atoms with Gasteiger partial charge in [0.1, 0.15) is 11.6 Å². The van der Waals surface area contributed by atoms with Crippen LogP contribution in [-0.2, 0) is 11.2 Å². The van der Waals surface area contributed by atoms with E-state index in [1.54, 1.807) is 18.3 Å². The molecule has 0 saturated heterocycles. The predicted octanol–water partition coefficient (Wildman–Crippen LogP) is 2.46. The molecular formula is C19H18N4O3.